The average Bonchev–Trinajstić information content (AvgIpc) is 3.02. The molecule has 4 heterocycles. The van der Waals surface area contributed by atoms with Gasteiger partial charge < -0.3 is 14.4 Å². The lowest BCUT2D eigenvalue weighted by molar-refractivity contribution is -0.172. The Bertz CT molecular complexity index is 1220. The molecule has 2 aliphatic heterocycles. The van der Waals surface area contributed by atoms with Crippen LogP contribution in [0.15, 0.2) is 39.6 Å². The minimum atomic E-state index is -1.80. The Morgan fingerprint density at radius 1 is 1.33 bits per heavy atom. The maximum atomic E-state index is 13.1. The number of aromatic nitrogens is 2. The minimum Gasteiger partial charge on any atom is -0.458 e. The van der Waals surface area contributed by atoms with Crippen LogP contribution in [-0.2, 0) is 28.3 Å². The maximum Gasteiger partial charge on any atom is 0.343 e. The molecule has 5 rings (SSSR count). The Morgan fingerprint density at radius 2 is 2.15 bits per heavy atom. The Labute approximate surface area is 162 Å². The van der Waals surface area contributed by atoms with Gasteiger partial charge in [-0.25, -0.2) is 9.78 Å². The lowest BCUT2D eigenvalue weighted by Crippen LogP contribution is -2.44. The molecule has 2 aromatic heterocycles. The van der Waals surface area contributed by atoms with Crippen LogP contribution in [0.2, 0.25) is 0 Å². The molecule has 1 N–H and O–H groups in total. The Kier molecular flexibility index (Phi) is 3.39. The van der Waals surface area contributed by atoms with Gasteiger partial charge in [0, 0.05) is 21.0 Å². The maximum absolute atomic E-state index is 13.1. The monoisotopic (exact) mass is 426 g/mol. The number of halogens is 1. The number of carbonyl (C=O) groups excluding carboxylic acids is 1. The van der Waals surface area contributed by atoms with E-state index in [1.807, 2.05) is 24.3 Å². The van der Waals surface area contributed by atoms with Gasteiger partial charge in [-0.05, 0) is 30.7 Å². The zero-order valence-corrected chi connectivity index (χ0v) is 16.0. The van der Waals surface area contributed by atoms with Crippen LogP contribution in [0.4, 0.5) is 0 Å². The first kappa shape index (κ1) is 16.6. The topological polar surface area (TPSA) is 81.4 Å². The summed E-state index contributed by atoms with van der Waals surface area (Å²) < 4.78 is 7.66. The Morgan fingerprint density at radius 3 is 2.93 bits per heavy atom. The smallest absolute Gasteiger partial charge is 0.343 e. The summed E-state index contributed by atoms with van der Waals surface area (Å²) in [5.41, 5.74) is 1.69. The van der Waals surface area contributed by atoms with E-state index < -0.39 is 11.6 Å². The number of fused-ring (bicyclic) bond motifs is 5. The highest BCUT2D eigenvalue weighted by Gasteiger charge is 2.45. The largest absolute Gasteiger partial charge is 0.458 e. The second-order valence-corrected chi connectivity index (χ2v) is 7.76. The first-order valence-corrected chi connectivity index (χ1v) is 9.48. The number of nitrogens with zero attached hydrogens (tertiary/aromatic N) is 2. The Hall–Kier alpha value is -2.51. The number of esters is 1. The molecular weight excluding hydrogens is 412 g/mol. The summed E-state index contributed by atoms with van der Waals surface area (Å²) in [7, 11) is 0. The third-order valence-electron chi connectivity index (χ3n) is 5.50. The summed E-state index contributed by atoms with van der Waals surface area (Å²) in [4.78, 5) is 30.0. The molecule has 1 atom stereocenters. The first-order chi connectivity index (χ1) is 12.9. The van der Waals surface area contributed by atoms with Crippen molar-refractivity contribution in [1.29, 1.82) is 0 Å². The highest BCUT2D eigenvalue weighted by atomic mass is 79.9. The fourth-order valence-corrected chi connectivity index (χ4v) is 4.44. The lowest BCUT2D eigenvalue weighted by atomic mass is 9.86. The molecule has 1 aromatic carbocycles. The number of hydrogen-bond acceptors (Lipinski definition) is 5. The first-order valence-electron chi connectivity index (χ1n) is 8.69. The zero-order valence-electron chi connectivity index (χ0n) is 14.5. The van der Waals surface area contributed by atoms with Crippen LogP contribution in [-0.4, -0.2) is 20.6 Å². The van der Waals surface area contributed by atoms with Crippen molar-refractivity contribution in [3.05, 3.63) is 61.8 Å². The molecule has 136 valence electrons. The van der Waals surface area contributed by atoms with Gasteiger partial charge in [0.15, 0.2) is 5.60 Å². The molecule has 0 saturated carbocycles. The molecule has 0 bridgehead atoms. The van der Waals surface area contributed by atoms with Gasteiger partial charge in [-0.2, -0.15) is 0 Å². The second kappa shape index (κ2) is 5.50. The van der Waals surface area contributed by atoms with E-state index in [-0.39, 0.29) is 18.6 Å². The van der Waals surface area contributed by atoms with Crippen LogP contribution >= 0.6 is 15.9 Å². The summed E-state index contributed by atoms with van der Waals surface area (Å²) in [5, 5.41) is 11.8. The number of benzene rings is 1. The molecule has 0 aliphatic carbocycles. The molecular formula is C20H15BrN2O4. The third-order valence-corrected chi connectivity index (χ3v) is 6.19. The van der Waals surface area contributed by atoms with Gasteiger partial charge in [-0.15, -0.1) is 0 Å². The average molecular weight is 427 g/mol. The number of aliphatic hydroxyl groups is 1. The van der Waals surface area contributed by atoms with Gasteiger partial charge in [0.25, 0.3) is 5.56 Å². The fraction of sp³-hybridized carbons (Fsp3) is 0.250. The van der Waals surface area contributed by atoms with E-state index in [2.05, 4.69) is 15.9 Å². The summed E-state index contributed by atoms with van der Waals surface area (Å²) in [5.74, 6) is -0.713. The van der Waals surface area contributed by atoms with Gasteiger partial charge in [0.2, 0.25) is 0 Å². The van der Waals surface area contributed by atoms with Crippen LogP contribution in [0.5, 0.6) is 0 Å². The highest BCUT2D eigenvalue weighted by molar-refractivity contribution is 9.10. The van der Waals surface area contributed by atoms with Crippen molar-refractivity contribution in [3.63, 3.8) is 0 Å². The van der Waals surface area contributed by atoms with Crippen LogP contribution in [0, 0.1) is 0 Å². The number of cyclic esters (lactones) is 1. The predicted molar refractivity (Wildman–Crippen MR) is 102 cm³/mol. The van der Waals surface area contributed by atoms with Crippen molar-refractivity contribution < 1.29 is 14.6 Å². The fourth-order valence-electron chi connectivity index (χ4n) is 3.97. The second-order valence-electron chi connectivity index (χ2n) is 6.91. The third kappa shape index (κ3) is 2.12. The molecule has 0 spiro atoms. The molecule has 3 aromatic rings. The highest BCUT2D eigenvalue weighted by Crippen LogP contribution is 2.39. The van der Waals surface area contributed by atoms with E-state index in [0.29, 0.717) is 29.1 Å². The van der Waals surface area contributed by atoms with Crippen molar-refractivity contribution in [3.8, 4) is 11.4 Å². The number of ether oxygens (including phenoxy) is 1. The van der Waals surface area contributed by atoms with Gasteiger partial charge in [0.1, 0.15) is 6.61 Å². The van der Waals surface area contributed by atoms with E-state index in [9.17, 15) is 14.7 Å². The van der Waals surface area contributed by atoms with Crippen LogP contribution in [0.3, 0.4) is 0 Å². The van der Waals surface area contributed by atoms with E-state index in [4.69, 9.17) is 9.72 Å². The summed E-state index contributed by atoms with van der Waals surface area (Å²) >= 11 is 3.54. The summed E-state index contributed by atoms with van der Waals surface area (Å²) in [6.45, 7) is 1.98. The van der Waals surface area contributed by atoms with Crippen molar-refractivity contribution in [2.24, 2.45) is 0 Å². The van der Waals surface area contributed by atoms with E-state index in [0.717, 1.165) is 20.9 Å². The van der Waals surface area contributed by atoms with E-state index in [1.54, 1.807) is 17.6 Å². The molecule has 0 fully saturated rings. The summed E-state index contributed by atoms with van der Waals surface area (Å²) in [6, 6.07) is 9.53. The lowest BCUT2D eigenvalue weighted by Gasteiger charge is -2.31. The quantitative estimate of drug-likeness (QED) is 0.473. The molecule has 2 aliphatic rings. The van der Waals surface area contributed by atoms with Crippen LogP contribution in [0.1, 0.15) is 30.0 Å². The van der Waals surface area contributed by atoms with Crippen molar-refractivity contribution in [2.75, 3.05) is 0 Å². The normalized spacial score (nSPS) is 20.2. The van der Waals surface area contributed by atoms with Gasteiger partial charge >= 0.3 is 5.97 Å². The standard InChI is InChI=1S/C20H15BrN2O4/c1-2-20(26)13-7-16-17-10(6-11-14(21)4-3-5-15(11)22-17)8-23(16)18(24)12(13)9-27-19(20)25/h3-7,26H,2,8-9H2,1H3. The SMILES string of the molecule is CCC1(O)C(=O)OCc2c1cc1n(c2=O)Cc2cc3c(Br)cccc3nc2-1. The van der Waals surface area contributed by atoms with Crippen molar-refractivity contribution in [1.82, 2.24) is 9.55 Å². The number of hydrogen-bond donors (Lipinski definition) is 1. The Balaban J connectivity index is 1.81. The molecule has 6 nitrogen and oxygen atoms in total. The molecule has 0 radical (unpaired) electrons. The summed E-state index contributed by atoms with van der Waals surface area (Å²) in [6.07, 6.45) is 0.132. The van der Waals surface area contributed by atoms with Crippen LogP contribution in [0.25, 0.3) is 22.3 Å². The molecule has 27 heavy (non-hydrogen) atoms. The van der Waals surface area contributed by atoms with Gasteiger partial charge in [-0.3, -0.25) is 4.79 Å². The van der Waals surface area contributed by atoms with Gasteiger partial charge in [0.05, 0.1) is 29.0 Å². The van der Waals surface area contributed by atoms with Crippen LogP contribution < -0.4 is 5.56 Å². The zero-order chi connectivity index (χ0) is 18.9. The molecule has 1 unspecified atom stereocenters. The number of carbonyl (C=O) groups is 1. The molecule has 7 heteroatoms. The minimum absolute atomic E-state index is 0.118. The van der Waals surface area contributed by atoms with Crippen molar-refractivity contribution >= 4 is 32.8 Å². The molecule has 0 amide bonds. The number of pyridine rings is 2. The van der Waals surface area contributed by atoms with E-state index in [1.165, 1.54) is 0 Å². The van der Waals surface area contributed by atoms with E-state index >= 15 is 0 Å². The molecule has 0 saturated heterocycles. The number of rotatable bonds is 1. The predicted octanol–water partition coefficient (Wildman–Crippen LogP) is 2.84. The van der Waals surface area contributed by atoms with Crippen molar-refractivity contribution in [2.45, 2.75) is 32.1 Å². The van der Waals surface area contributed by atoms with Gasteiger partial charge in [-0.1, -0.05) is 28.9 Å².